The van der Waals surface area contributed by atoms with E-state index in [2.05, 4.69) is 4.42 Å². The predicted molar refractivity (Wildman–Crippen MR) is 35.9 cm³/mol. The molecule has 1 rings (SSSR count). The second-order valence-electron chi connectivity index (χ2n) is 1.56. The Balaban J connectivity index is 0. The van der Waals surface area contributed by atoms with E-state index in [0.29, 0.717) is 0 Å². The van der Waals surface area contributed by atoms with Crippen LogP contribution in [0.5, 0.6) is 0 Å². The van der Waals surface area contributed by atoms with Crippen molar-refractivity contribution in [2.24, 2.45) is 0 Å². The Morgan fingerprint density at radius 3 is 2.64 bits per heavy atom. The summed E-state index contributed by atoms with van der Waals surface area (Å²) in [5.74, 6) is -0.183. The van der Waals surface area contributed by atoms with E-state index in [9.17, 15) is 4.79 Å². The third-order valence-electron chi connectivity index (χ3n) is 0.940. The molecule has 1 aromatic heterocycles. The number of hydrogen-bond acceptors (Lipinski definition) is 3. The molecule has 5 heteroatoms. The number of rotatable bonds is 2. The van der Waals surface area contributed by atoms with Crippen molar-refractivity contribution in [2.45, 2.75) is 0 Å². The standard InChI is InChI=1S/C6H6O3.B.Ce/c7-4-5(8)6-2-1-3-9-6;;/h1-3,7H,4H2;;. The van der Waals surface area contributed by atoms with Gasteiger partial charge in [-0.2, -0.15) is 0 Å². The Morgan fingerprint density at radius 2 is 2.27 bits per heavy atom. The maximum atomic E-state index is 10.5. The minimum absolute atomic E-state index is 0. The summed E-state index contributed by atoms with van der Waals surface area (Å²) in [6.07, 6.45) is 1.39. The van der Waals surface area contributed by atoms with Crippen molar-refractivity contribution in [1.29, 1.82) is 0 Å². The second-order valence-corrected chi connectivity index (χ2v) is 1.56. The van der Waals surface area contributed by atoms with E-state index in [4.69, 9.17) is 5.11 Å². The molecule has 55 valence electrons. The zero-order chi connectivity index (χ0) is 6.69. The molecule has 0 saturated heterocycles. The first-order chi connectivity index (χ1) is 4.34. The monoisotopic (exact) mass is 277 g/mol. The van der Waals surface area contributed by atoms with Crippen LogP contribution in [0.3, 0.4) is 0 Å². The van der Waals surface area contributed by atoms with Gasteiger partial charge in [-0.25, -0.2) is 0 Å². The van der Waals surface area contributed by atoms with Crippen molar-refractivity contribution in [3.8, 4) is 0 Å². The van der Waals surface area contributed by atoms with Gasteiger partial charge in [0.25, 0.3) is 0 Å². The average molecular weight is 277 g/mol. The van der Waals surface area contributed by atoms with Crippen LogP contribution in [0.4, 0.5) is 0 Å². The molecule has 0 aromatic carbocycles. The van der Waals surface area contributed by atoms with Crippen LogP contribution < -0.4 is 0 Å². The fourth-order valence-corrected chi connectivity index (χ4v) is 0.515. The number of Topliss-reactive ketones (excluding diaryl/α,β-unsaturated/α-hetero) is 1. The minimum atomic E-state index is -0.493. The van der Waals surface area contributed by atoms with Gasteiger partial charge >= 0.3 is 0 Å². The Bertz CT molecular complexity index is 198. The minimum Gasteiger partial charge on any atom is -0.461 e. The van der Waals surface area contributed by atoms with Gasteiger partial charge in [0, 0.05) is 50.2 Å². The molecular formula is C6H6BCeO3. The smallest absolute Gasteiger partial charge is 0.223 e. The number of carbonyl (C=O) groups excluding carboxylic acids is 1. The molecule has 1 heterocycles. The normalized spacial score (nSPS) is 7.73. The molecule has 0 bridgehead atoms. The zero-order valence-corrected chi connectivity index (χ0v) is 8.92. The maximum absolute atomic E-state index is 10.5. The molecular weight excluding hydrogens is 271 g/mol. The SMILES string of the molecule is O=C(CO)c1ccco1.[B].[Ce]. The summed E-state index contributed by atoms with van der Waals surface area (Å²) in [6.45, 7) is -0.493. The molecule has 3 nitrogen and oxygen atoms in total. The van der Waals surface area contributed by atoms with E-state index in [-0.39, 0.29) is 61.7 Å². The van der Waals surface area contributed by atoms with E-state index >= 15 is 0 Å². The first-order valence-electron chi connectivity index (χ1n) is 2.52. The van der Waals surface area contributed by atoms with E-state index in [1.54, 1.807) is 6.07 Å². The van der Waals surface area contributed by atoms with Crippen molar-refractivity contribution in [3.05, 3.63) is 24.2 Å². The van der Waals surface area contributed by atoms with Gasteiger partial charge in [0.05, 0.1) is 6.26 Å². The van der Waals surface area contributed by atoms with Gasteiger partial charge in [0.2, 0.25) is 5.78 Å². The van der Waals surface area contributed by atoms with Crippen LogP contribution in [0.1, 0.15) is 10.6 Å². The van der Waals surface area contributed by atoms with Crippen LogP contribution in [-0.4, -0.2) is 25.9 Å². The molecule has 1 aromatic rings. The van der Waals surface area contributed by atoms with Gasteiger partial charge in [-0.3, -0.25) is 4.79 Å². The molecule has 11 heavy (non-hydrogen) atoms. The van der Waals surface area contributed by atoms with Crippen LogP contribution >= 0.6 is 0 Å². The number of carbonyl (C=O) groups is 1. The summed E-state index contributed by atoms with van der Waals surface area (Å²) in [5.41, 5.74) is 0. The number of aliphatic hydroxyl groups is 1. The van der Waals surface area contributed by atoms with Gasteiger partial charge in [-0.05, 0) is 12.1 Å². The second kappa shape index (κ2) is 7.03. The van der Waals surface area contributed by atoms with Crippen LogP contribution in [0.15, 0.2) is 22.8 Å². The maximum Gasteiger partial charge on any atom is 0.223 e. The Hall–Kier alpha value is 0.352. The number of ketones is 1. The molecule has 0 aliphatic heterocycles. The van der Waals surface area contributed by atoms with E-state index in [0.717, 1.165) is 0 Å². The summed E-state index contributed by atoms with van der Waals surface area (Å²) >= 11 is 0. The van der Waals surface area contributed by atoms with Crippen LogP contribution in [0.25, 0.3) is 0 Å². The summed E-state index contributed by atoms with van der Waals surface area (Å²) < 4.78 is 4.68. The fourth-order valence-electron chi connectivity index (χ4n) is 0.515. The quantitative estimate of drug-likeness (QED) is 0.615. The number of hydrogen-bond donors (Lipinski definition) is 1. The van der Waals surface area contributed by atoms with Crippen molar-refractivity contribution >= 4 is 14.2 Å². The molecule has 0 fully saturated rings. The third-order valence-corrected chi connectivity index (χ3v) is 0.940. The van der Waals surface area contributed by atoms with Crippen molar-refractivity contribution in [1.82, 2.24) is 0 Å². The van der Waals surface area contributed by atoms with Crippen LogP contribution in [0, 0.1) is 41.7 Å². The topological polar surface area (TPSA) is 50.4 Å². The molecule has 0 amide bonds. The zero-order valence-electron chi connectivity index (χ0n) is 5.78. The Morgan fingerprint density at radius 1 is 1.64 bits per heavy atom. The van der Waals surface area contributed by atoms with E-state index in [1.165, 1.54) is 12.3 Å². The Labute approximate surface area is 100 Å². The predicted octanol–water partition coefficient (Wildman–Crippen LogP) is 0.0738. The number of furan rings is 1. The third kappa shape index (κ3) is 4.05. The van der Waals surface area contributed by atoms with E-state index < -0.39 is 6.61 Å². The molecule has 0 aliphatic carbocycles. The average Bonchev–Trinajstić information content (AvgIpc) is 2.37. The van der Waals surface area contributed by atoms with Gasteiger partial charge in [0.1, 0.15) is 6.61 Å². The summed E-state index contributed by atoms with van der Waals surface area (Å²) in [5, 5.41) is 8.30. The summed E-state index contributed by atoms with van der Waals surface area (Å²) in [4.78, 5) is 10.5. The molecule has 0 spiro atoms. The van der Waals surface area contributed by atoms with Crippen LogP contribution in [-0.2, 0) is 0 Å². The van der Waals surface area contributed by atoms with Crippen molar-refractivity contribution in [2.75, 3.05) is 6.61 Å². The van der Waals surface area contributed by atoms with Gasteiger partial charge in [0.15, 0.2) is 5.76 Å². The van der Waals surface area contributed by atoms with Gasteiger partial charge < -0.3 is 9.52 Å². The summed E-state index contributed by atoms with van der Waals surface area (Å²) in [6, 6.07) is 3.11. The molecule has 3 radical (unpaired) electrons. The molecule has 1 N–H and O–H groups in total. The fraction of sp³-hybridized carbons (Fsp3) is 0.167. The number of aliphatic hydroxyl groups excluding tert-OH is 1. The summed E-state index contributed by atoms with van der Waals surface area (Å²) in [7, 11) is 0. The molecule has 0 saturated carbocycles. The van der Waals surface area contributed by atoms with Gasteiger partial charge in [-0.15, -0.1) is 0 Å². The van der Waals surface area contributed by atoms with Crippen LogP contribution in [0.2, 0.25) is 0 Å². The van der Waals surface area contributed by atoms with Crippen molar-refractivity contribution in [3.63, 3.8) is 0 Å². The molecule has 0 unspecified atom stereocenters. The first kappa shape index (κ1) is 13.9. The molecule has 0 atom stereocenters. The Kier molecular flexibility index (Phi) is 8.88. The van der Waals surface area contributed by atoms with E-state index in [1.807, 2.05) is 0 Å². The van der Waals surface area contributed by atoms with Gasteiger partial charge in [-0.1, -0.05) is 0 Å². The molecule has 0 aliphatic rings. The first-order valence-corrected chi connectivity index (χ1v) is 2.52. The largest absolute Gasteiger partial charge is 0.461 e. The van der Waals surface area contributed by atoms with Crippen molar-refractivity contribution < 1.29 is 56.1 Å².